The molecule has 0 aromatic carbocycles. The quantitative estimate of drug-likeness (QED) is 0.293. The van der Waals surface area contributed by atoms with Crippen molar-refractivity contribution in [1.82, 2.24) is 0 Å². The van der Waals surface area contributed by atoms with Crippen molar-refractivity contribution < 1.29 is 14.2 Å². The minimum Gasteiger partial charge on any atom is -0.381 e. The molecule has 0 radical (unpaired) electrons. The van der Waals surface area contributed by atoms with Crippen molar-refractivity contribution in [2.75, 3.05) is 26.4 Å². The molecule has 3 nitrogen and oxygen atoms in total. The Kier molecular flexibility index (Phi) is 63.1. The van der Waals surface area contributed by atoms with Crippen LogP contribution in [0.5, 0.6) is 0 Å². The lowest BCUT2D eigenvalue weighted by molar-refractivity contribution is -0.0375. The predicted molar refractivity (Wildman–Crippen MR) is 183 cm³/mol. The van der Waals surface area contributed by atoms with Gasteiger partial charge in [0.25, 0.3) is 0 Å². The summed E-state index contributed by atoms with van der Waals surface area (Å²) in [4.78, 5) is 0. The van der Waals surface area contributed by atoms with Gasteiger partial charge in [-0.05, 0) is 57.3 Å². The maximum absolute atomic E-state index is 5.15. The molecule has 39 heavy (non-hydrogen) atoms. The Bertz CT molecular complexity index is 277. The van der Waals surface area contributed by atoms with Gasteiger partial charge in [-0.1, -0.05) is 142 Å². The fraction of sp³-hybridized carbons (Fsp3) is 1.00. The van der Waals surface area contributed by atoms with Crippen molar-refractivity contribution in [1.29, 1.82) is 0 Å². The zero-order valence-electron chi connectivity index (χ0n) is 29.7. The van der Waals surface area contributed by atoms with Crippen LogP contribution in [0.3, 0.4) is 0 Å². The average molecular weight is 565 g/mol. The van der Waals surface area contributed by atoms with Crippen LogP contribution < -0.4 is 0 Å². The SMILES string of the molecule is C.CC.CC.CC.CC.CC.CC1CCC1.CC1CCCC1.C[C@@H]1CCCO1.C[C@@H]1CCO1.C[C@@H]1CCOC1. The zero-order valence-corrected chi connectivity index (χ0v) is 29.7. The highest BCUT2D eigenvalue weighted by Gasteiger charge is 2.10. The Balaban J connectivity index is -0.0000000804. The van der Waals surface area contributed by atoms with Gasteiger partial charge in [-0.25, -0.2) is 0 Å². The maximum atomic E-state index is 5.15. The minimum absolute atomic E-state index is 0. The summed E-state index contributed by atoms with van der Waals surface area (Å²) in [5, 5.41) is 0. The second kappa shape index (κ2) is 47.7. The topological polar surface area (TPSA) is 27.7 Å². The first-order valence-corrected chi connectivity index (χ1v) is 17.3. The molecule has 5 rings (SSSR count). The first-order valence-electron chi connectivity index (χ1n) is 17.3. The molecule has 0 N–H and O–H groups in total. The van der Waals surface area contributed by atoms with E-state index in [0.717, 1.165) is 44.2 Å². The molecule has 5 fully saturated rings. The van der Waals surface area contributed by atoms with Gasteiger partial charge < -0.3 is 14.2 Å². The van der Waals surface area contributed by atoms with Crippen LogP contribution in [0.1, 0.15) is 182 Å². The van der Waals surface area contributed by atoms with Crippen molar-refractivity contribution in [3.05, 3.63) is 0 Å². The molecule has 3 aliphatic heterocycles. The third-order valence-corrected chi connectivity index (χ3v) is 6.28. The van der Waals surface area contributed by atoms with Crippen LogP contribution in [0, 0.1) is 17.8 Å². The molecule has 0 aromatic heterocycles. The average Bonchev–Trinajstić information content (AvgIpc) is 3.75. The van der Waals surface area contributed by atoms with Gasteiger partial charge in [-0.3, -0.25) is 0 Å². The van der Waals surface area contributed by atoms with Crippen molar-refractivity contribution in [2.24, 2.45) is 17.8 Å². The van der Waals surface area contributed by atoms with Crippen molar-refractivity contribution in [2.45, 2.75) is 194 Å². The van der Waals surface area contributed by atoms with E-state index >= 15 is 0 Å². The van der Waals surface area contributed by atoms with E-state index in [9.17, 15) is 0 Å². The normalized spacial score (nSPS) is 23.3. The lowest BCUT2D eigenvalue weighted by Crippen LogP contribution is -2.22. The third-order valence-electron chi connectivity index (χ3n) is 6.28. The Morgan fingerprint density at radius 3 is 0.846 bits per heavy atom. The summed E-state index contributed by atoms with van der Waals surface area (Å²) in [6.07, 6.45) is 16.6. The molecule has 3 heteroatoms. The fourth-order valence-corrected chi connectivity index (χ4v) is 3.49. The van der Waals surface area contributed by atoms with E-state index in [2.05, 4.69) is 34.6 Å². The summed E-state index contributed by atoms with van der Waals surface area (Å²) in [6.45, 7) is 35.0. The Morgan fingerprint density at radius 2 is 0.769 bits per heavy atom. The van der Waals surface area contributed by atoms with E-state index < -0.39 is 0 Å². The molecule has 246 valence electrons. The molecule has 0 spiro atoms. The Labute approximate surface area is 252 Å². The van der Waals surface area contributed by atoms with Crippen molar-refractivity contribution in [3.63, 3.8) is 0 Å². The Morgan fingerprint density at radius 1 is 0.385 bits per heavy atom. The molecule has 3 heterocycles. The summed E-state index contributed by atoms with van der Waals surface area (Å²) in [6, 6.07) is 0. The van der Waals surface area contributed by atoms with E-state index in [1.165, 1.54) is 70.6 Å². The van der Waals surface area contributed by atoms with Crippen molar-refractivity contribution in [3.8, 4) is 0 Å². The first kappa shape index (κ1) is 51.6. The van der Waals surface area contributed by atoms with Crippen LogP contribution in [-0.2, 0) is 14.2 Å². The standard InChI is InChI=1S/C6H12.2C5H10O.C5H10.C4H8O.5C2H6.CH4/c1-6-4-2-3-5-6;1-5-2-3-6-4-5;1-5-3-2-4-6-5;1-5-3-2-4-5;1-4-2-3-5-4;5*1-2;/h6H,2-5H2,1H3;2*5H,2-4H2,1H3;5H,2-4H2,1H3;4H,2-3H2,1H3;5*1-2H3;1H4/t;2*5-;;4-;;;;;;/m.11.1....../s1. The second-order valence-corrected chi connectivity index (χ2v) is 9.69. The molecule has 3 saturated heterocycles. The number of rotatable bonds is 0. The van der Waals surface area contributed by atoms with E-state index in [0.29, 0.717) is 12.2 Å². The highest BCUT2D eigenvalue weighted by Crippen LogP contribution is 2.24. The number of hydrogen-bond acceptors (Lipinski definition) is 3. The molecule has 0 aromatic rings. The van der Waals surface area contributed by atoms with Crippen molar-refractivity contribution >= 4 is 0 Å². The van der Waals surface area contributed by atoms with E-state index in [4.69, 9.17) is 14.2 Å². The first-order chi connectivity index (χ1) is 18.5. The van der Waals surface area contributed by atoms with E-state index in [-0.39, 0.29) is 7.43 Å². The predicted octanol–water partition coefficient (Wildman–Crippen LogP) is 12.8. The van der Waals surface area contributed by atoms with Crippen LogP contribution >= 0.6 is 0 Å². The largest absolute Gasteiger partial charge is 0.381 e. The highest BCUT2D eigenvalue weighted by molar-refractivity contribution is 4.62. The Hall–Kier alpha value is -0.120. The molecule has 2 aliphatic carbocycles. The van der Waals surface area contributed by atoms with Crippen LogP contribution in [0.25, 0.3) is 0 Å². The van der Waals surface area contributed by atoms with E-state index in [1.807, 2.05) is 69.2 Å². The van der Waals surface area contributed by atoms with Crippen LogP contribution in [0.2, 0.25) is 0 Å². The molecular formula is C36H84O3. The summed E-state index contributed by atoms with van der Waals surface area (Å²) < 4.78 is 15.1. The molecule has 0 unspecified atom stereocenters. The summed E-state index contributed by atoms with van der Waals surface area (Å²) in [5.41, 5.74) is 0. The number of ether oxygens (including phenoxy) is 3. The molecule has 0 amide bonds. The molecule has 5 aliphatic rings. The highest BCUT2D eigenvalue weighted by atomic mass is 16.5. The van der Waals surface area contributed by atoms with Gasteiger partial charge in [-0.2, -0.15) is 0 Å². The van der Waals surface area contributed by atoms with Crippen LogP contribution in [-0.4, -0.2) is 38.6 Å². The fourth-order valence-electron chi connectivity index (χ4n) is 3.49. The second-order valence-electron chi connectivity index (χ2n) is 9.69. The molecule has 0 bridgehead atoms. The lowest BCUT2D eigenvalue weighted by atomic mass is 9.88. The zero-order chi connectivity index (χ0) is 30.6. The minimum atomic E-state index is 0. The van der Waals surface area contributed by atoms with Crippen LogP contribution in [0.4, 0.5) is 0 Å². The van der Waals surface area contributed by atoms with Gasteiger partial charge >= 0.3 is 0 Å². The molecular weight excluding hydrogens is 480 g/mol. The van der Waals surface area contributed by atoms with Gasteiger partial charge in [0.2, 0.25) is 0 Å². The van der Waals surface area contributed by atoms with Gasteiger partial charge in [0.05, 0.1) is 12.2 Å². The van der Waals surface area contributed by atoms with E-state index in [1.54, 1.807) is 0 Å². The summed E-state index contributed by atoms with van der Waals surface area (Å²) in [7, 11) is 0. The smallest absolute Gasteiger partial charge is 0.0568 e. The summed E-state index contributed by atoms with van der Waals surface area (Å²) >= 11 is 0. The van der Waals surface area contributed by atoms with Gasteiger partial charge in [0, 0.05) is 26.4 Å². The van der Waals surface area contributed by atoms with Gasteiger partial charge in [0.15, 0.2) is 0 Å². The molecule has 2 saturated carbocycles. The molecule has 3 atom stereocenters. The lowest BCUT2D eigenvalue weighted by Gasteiger charge is -2.20. The van der Waals surface area contributed by atoms with Gasteiger partial charge in [0.1, 0.15) is 0 Å². The van der Waals surface area contributed by atoms with Gasteiger partial charge in [-0.15, -0.1) is 0 Å². The third kappa shape index (κ3) is 45.1. The number of hydrogen-bond donors (Lipinski definition) is 0. The maximum Gasteiger partial charge on any atom is 0.0568 e. The monoisotopic (exact) mass is 565 g/mol. The van der Waals surface area contributed by atoms with Crippen LogP contribution in [0.15, 0.2) is 0 Å². The summed E-state index contributed by atoms with van der Waals surface area (Å²) in [5.74, 6) is 2.94.